The molecule has 1 fully saturated rings. The second kappa shape index (κ2) is 6.51. The second-order valence-corrected chi connectivity index (χ2v) is 5.25. The van der Waals surface area contributed by atoms with Crippen LogP contribution in [0.25, 0.3) is 0 Å². The summed E-state index contributed by atoms with van der Waals surface area (Å²) in [5, 5.41) is 5.06. The van der Waals surface area contributed by atoms with Crippen LogP contribution in [0.2, 0.25) is 0 Å². The maximum atomic E-state index is 12.1. The van der Waals surface area contributed by atoms with Crippen molar-refractivity contribution in [3.63, 3.8) is 0 Å². The van der Waals surface area contributed by atoms with Gasteiger partial charge in [0.05, 0.1) is 6.61 Å². The molecular weight excluding hydrogens is 280 g/mol. The van der Waals surface area contributed by atoms with Crippen molar-refractivity contribution >= 4 is 34.2 Å². The fourth-order valence-corrected chi connectivity index (χ4v) is 2.75. The average Bonchev–Trinajstić information content (AvgIpc) is 2.99. The molecule has 1 N–H and O–H groups in total. The molecule has 0 bridgehead atoms. The van der Waals surface area contributed by atoms with Gasteiger partial charge in [0.25, 0.3) is 5.91 Å². The standard InChI is InChI=1S/C13H16N2O4S/c1-2-19-11(16)7-3-5-9-12(17)15(13(18)14-9)10-6-4-8-20-10/h4,6,8-9H,2-3,5,7H2,1H3,(H,14,18). The number of nitrogens with one attached hydrogen (secondary N) is 1. The fourth-order valence-electron chi connectivity index (χ4n) is 2.02. The van der Waals surface area contributed by atoms with Crippen LogP contribution in [0.4, 0.5) is 9.80 Å². The number of carbonyl (C=O) groups excluding carboxylic acids is 3. The van der Waals surface area contributed by atoms with E-state index in [2.05, 4.69) is 5.32 Å². The van der Waals surface area contributed by atoms with Crippen molar-refractivity contribution in [2.75, 3.05) is 11.5 Å². The number of carbonyl (C=O) groups is 3. The molecule has 0 aromatic carbocycles. The summed E-state index contributed by atoms with van der Waals surface area (Å²) < 4.78 is 4.81. The zero-order valence-electron chi connectivity index (χ0n) is 11.1. The van der Waals surface area contributed by atoms with Crippen LogP contribution in [0.1, 0.15) is 26.2 Å². The Balaban J connectivity index is 1.87. The van der Waals surface area contributed by atoms with E-state index >= 15 is 0 Å². The zero-order chi connectivity index (χ0) is 14.5. The van der Waals surface area contributed by atoms with Gasteiger partial charge in [-0.15, -0.1) is 11.3 Å². The van der Waals surface area contributed by atoms with E-state index in [0.29, 0.717) is 24.4 Å². The summed E-state index contributed by atoms with van der Waals surface area (Å²) in [6.45, 7) is 2.10. The Bertz CT molecular complexity index is 500. The molecule has 1 aromatic heterocycles. The molecular formula is C13H16N2O4S. The minimum Gasteiger partial charge on any atom is -0.466 e. The number of hydrogen-bond donors (Lipinski definition) is 1. The third-order valence-corrected chi connectivity index (χ3v) is 3.78. The van der Waals surface area contributed by atoms with Crippen molar-refractivity contribution in [3.05, 3.63) is 17.5 Å². The summed E-state index contributed by atoms with van der Waals surface area (Å²) in [6.07, 6.45) is 1.20. The van der Waals surface area contributed by atoms with E-state index in [0.717, 1.165) is 4.90 Å². The highest BCUT2D eigenvalue weighted by Crippen LogP contribution is 2.25. The van der Waals surface area contributed by atoms with Crippen LogP contribution in [-0.2, 0) is 14.3 Å². The lowest BCUT2D eigenvalue weighted by atomic mass is 10.1. The van der Waals surface area contributed by atoms with Gasteiger partial charge >= 0.3 is 12.0 Å². The molecule has 0 spiro atoms. The molecule has 1 unspecified atom stereocenters. The highest BCUT2D eigenvalue weighted by Gasteiger charge is 2.39. The van der Waals surface area contributed by atoms with Gasteiger partial charge in [-0.05, 0) is 37.3 Å². The average molecular weight is 296 g/mol. The van der Waals surface area contributed by atoms with Crippen LogP contribution in [0.3, 0.4) is 0 Å². The zero-order valence-corrected chi connectivity index (χ0v) is 11.9. The number of urea groups is 1. The molecule has 0 saturated carbocycles. The van der Waals surface area contributed by atoms with E-state index in [9.17, 15) is 14.4 Å². The highest BCUT2D eigenvalue weighted by atomic mass is 32.1. The molecule has 0 aliphatic carbocycles. The maximum absolute atomic E-state index is 12.1. The van der Waals surface area contributed by atoms with Crippen LogP contribution >= 0.6 is 11.3 Å². The van der Waals surface area contributed by atoms with Crippen LogP contribution in [-0.4, -0.2) is 30.6 Å². The lowest BCUT2D eigenvalue weighted by Gasteiger charge is -2.10. The fraction of sp³-hybridized carbons (Fsp3) is 0.462. The lowest BCUT2D eigenvalue weighted by Crippen LogP contribution is -2.30. The van der Waals surface area contributed by atoms with Gasteiger partial charge < -0.3 is 10.1 Å². The monoisotopic (exact) mass is 296 g/mol. The molecule has 1 atom stereocenters. The predicted molar refractivity (Wildman–Crippen MR) is 74.6 cm³/mol. The first-order chi connectivity index (χ1) is 9.63. The Morgan fingerprint density at radius 3 is 2.95 bits per heavy atom. The van der Waals surface area contributed by atoms with Gasteiger partial charge in [-0.3, -0.25) is 9.59 Å². The van der Waals surface area contributed by atoms with Crippen molar-refractivity contribution < 1.29 is 19.1 Å². The molecule has 1 aliphatic heterocycles. The molecule has 7 heteroatoms. The van der Waals surface area contributed by atoms with Crippen LogP contribution < -0.4 is 10.2 Å². The minimum atomic E-state index is -0.556. The van der Waals surface area contributed by atoms with Gasteiger partial charge in [0.15, 0.2) is 0 Å². The number of thiophene rings is 1. The summed E-state index contributed by atoms with van der Waals surface area (Å²) >= 11 is 1.34. The number of rotatable bonds is 6. The third kappa shape index (κ3) is 3.16. The molecule has 20 heavy (non-hydrogen) atoms. The normalized spacial score (nSPS) is 18.2. The largest absolute Gasteiger partial charge is 0.466 e. The first-order valence-corrected chi connectivity index (χ1v) is 7.35. The summed E-state index contributed by atoms with van der Waals surface area (Å²) in [5.41, 5.74) is 0. The maximum Gasteiger partial charge on any atom is 0.330 e. The molecule has 0 radical (unpaired) electrons. The topological polar surface area (TPSA) is 75.7 Å². The quantitative estimate of drug-likeness (QED) is 0.642. The van der Waals surface area contributed by atoms with Crippen molar-refractivity contribution in [1.82, 2.24) is 5.32 Å². The van der Waals surface area contributed by atoms with E-state index in [1.165, 1.54) is 11.3 Å². The first-order valence-electron chi connectivity index (χ1n) is 6.47. The van der Waals surface area contributed by atoms with E-state index in [-0.39, 0.29) is 18.3 Å². The van der Waals surface area contributed by atoms with Crippen molar-refractivity contribution in [2.45, 2.75) is 32.2 Å². The van der Waals surface area contributed by atoms with E-state index in [1.807, 2.05) is 5.38 Å². The number of imide groups is 1. The van der Waals surface area contributed by atoms with Crippen LogP contribution in [0.15, 0.2) is 17.5 Å². The van der Waals surface area contributed by atoms with Gasteiger partial charge in [0.1, 0.15) is 11.0 Å². The van der Waals surface area contributed by atoms with Gasteiger partial charge in [-0.25, -0.2) is 9.69 Å². The number of nitrogens with zero attached hydrogens (tertiary/aromatic N) is 1. The number of anilines is 1. The van der Waals surface area contributed by atoms with E-state index < -0.39 is 12.1 Å². The third-order valence-electron chi connectivity index (χ3n) is 2.92. The van der Waals surface area contributed by atoms with E-state index in [4.69, 9.17) is 4.74 Å². The van der Waals surface area contributed by atoms with Gasteiger partial charge in [0.2, 0.25) is 0 Å². The Morgan fingerprint density at radius 2 is 2.30 bits per heavy atom. The van der Waals surface area contributed by atoms with E-state index in [1.54, 1.807) is 19.1 Å². The van der Waals surface area contributed by atoms with Gasteiger partial charge in [-0.1, -0.05) is 0 Å². The highest BCUT2D eigenvalue weighted by molar-refractivity contribution is 7.14. The Morgan fingerprint density at radius 1 is 1.50 bits per heavy atom. The molecule has 2 heterocycles. The molecule has 1 saturated heterocycles. The second-order valence-electron chi connectivity index (χ2n) is 4.32. The van der Waals surface area contributed by atoms with Crippen molar-refractivity contribution in [3.8, 4) is 0 Å². The smallest absolute Gasteiger partial charge is 0.330 e. The number of ether oxygens (including phenoxy) is 1. The molecule has 1 aromatic rings. The Hall–Kier alpha value is -1.89. The molecule has 1 aliphatic rings. The molecule has 108 valence electrons. The predicted octanol–water partition coefficient (Wildman–Crippen LogP) is 1.91. The van der Waals surface area contributed by atoms with Gasteiger partial charge in [-0.2, -0.15) is 0 Å². The number of amides is 3. The summed E-state index contributed by atoms with van der Waals surface area (Å²) in [4.78, 5) is 36.3. The van der Waals surface area contributed by atoms with Crippen LogP contribution in [0.5, 0.6) is 0 Å². The minimum absolute atomic E-state index is 0.256. The number of esters is 1. The van der Waals surface area contributed by atoms with Crippen molar-refractivity contribution in [2.24, 2.45) is 0 Å². The molecule has 6 nitrogen and oxygen atoms in total. The Kier molecular flexibility index (Phi) is 4.73. The van der Waals surface area contributed by atoms with Gasteiger partial charge in [0, 0.05) is 6.42 Å². The summed E-state index contributed by atoms with van der Waals surface area (Å²) in [6, 6.07) is 2.55. The Labute approximate surface area is 120 Å². The first kappa shape index (κ1) is 14.5. The lowest BCUT2D eigenvalue weighted by molar-refractivity contribution is -0.143. The summed E-state index contributed by atoms with van der Waals surface area (Å²) in [5.74, 6) is -0.541. The SMILES string of the molecule is CCOC(=O)CCCC1NC(=O)N(c2cccs2)C1=O. The molecule has 3 amide bonds. The molecule has 2 rings (SSSR count). The van der Waals surface area contributed by atoms with Crippen LogP contribution in [0, 0.1) is 0 Å². The number of hydrogen-bond acceptors (Lipinski definition) is 5. The van der Waals surface area contributed by atoms with Crippen molar-refractivity contribution in [1.29, 1.82) is 0 Å². The summed E-state index contributed by atoms with van der Waals surface area (Å²) in [7, 11) is 0.